The van der Waals surface area contributed by atoms with Crippen LogP contribution in [0.4, 0.5) is 0 Å². The molecular formula is C17H22N2O4S2. The van der Waals surface area contributed by atoms with E-state index in [4.69, 9.17) is 0 Å². The minimum Gasteiger partial charge on any atom is -0.291 e. The van der Waals surface area contributed by atoms with Crippen molar-refractivity contribution in [1.29, 1.82) is 0 Å². The summed E-state index contributed by atoms with van der Waals surface area (Å²) < 4.78 is 50.2. The molecule has 0 bridgehead atoms. The van der Waals surface area contributed by atoms with Crippen LogP contribution in [0.1, 0.15) is 31.7 Å². The highest BCUT2D eigenvalue weighted by atomic mass is 32.2. The lowest BCUT2D eigenvalue weighted by atomic mass is 10.0. The largest absolute Gasteiger partial charge is 0.291 e. The molecule has 0 radical (unpaired) electrons. The highest BCUT2D eigenvalue weighted by Crippen LogP contribution is 2.25. The van der Waals surface area contributed by atoms with Gasteiger partial charge in [0.15, 0.2) is 9.84 Å². The number of hydrogen-bond acceptors (Lipinski definition) is 5. The van der Waals surface area contributed by atoms with Crippen molar-refractivity contribution >= 4 is 19.7 Å². The summed E-state index contributed by atoms with van der Waals surface area (Å²) >= 11 is 0. The average molecular weight is 383 g/mol. The van der Waals surface area contributed by atoms with E-state index in [1.165, 1.54) is 11.8 Å². The second-order valence-electron chi connectivity index (χ2n) is 6.88. The Morgan fingerprint density at radius 1 is 1.24 bits per heavy atom. The van der Waals surface area contributed by atoms with Crippen molar-refractivity contribution in [3.63, 3.8) is 0 Å². The van der Waals surface area contributed by atoms with Gasteiger partial charge in [-0.05, 0) is 36.0 Å². The monoisotopic (exact) mass is 382 g/mol. The Hall–Kier alpha value is -1.67. The zero-order valence-electron chi connectivity index (χ0n) is 14.3. The molecule has 2 heterocycles. The molecule has 1 unspecified atom stereocenters. The average Bonchev–Trinajstić information content (AvgIpc) is 3.14. The summed E-state index contributed by atoms with van der Waals surface area (Å²) in [7, 11) is -6.77. The molecule has 0 spiro atoms. The number of imidazole rings is 1. The Morgan fingerprint density at radius 2 is 1.92 bits per heavy atom. The quantitative estimate of drug-likeness (QED) is 0.791. The highest BCUT2D eigenvalue weighted by molar-refractivity contribution is 7.92. The van der Waals surface area contributed by atoms with Gasteiger partial charge in [-0.15, -0.1) is 0 Å². The molecular weight excluding hydrogens is 360 g/mol. The van der Waals surface area contributed by atoms with E-state index in [1.54, 1.807) is 10.8 Å². The van der Waals surface area contributed by atoms with Gasteiger partial charge in [0.25, 0.3) is 0 Å². The standard InChI is InChI=1S/C17H22N2O4S2/c1-13(2)15-3-5-16(6-4-15)19-9-8-18-17(19)25(22,23)12-14-7-10-24(20,21)11-14/h3-6,8-9,13-14H,7,10-12H2,1-2H3. The third-order valence-corrected chi connectivity index (χ3v) is 8.11. The van der Waals surface area contributed by atoms with E-state index in [2.05, 4.69) is 18.8 Å². The second kappa shape index (κ2) is 6.57. The summed E-state index contributed by atoms with van der Waals surface area (Å²) in [4.78, 5) is 4.03. The zero-order chi connectivity index (χ0) is 18.2. The summed E-state index contributed by atoms with van der Waals surface area (Å²) in [6, 6.07) is 7.69. The summed E-state index contributed by atoms with van der Waals surface area (Å²) in [6.07, 6.45) is 3.46. The Kier molecular flexibility index (Phi) is 4.76. The lowest BCUT2D eigenvalue weighted by Gasteiger charge is -2.12. The van der Waals surface area contributed by atoms with Crippen LogP contribution in [0, 0.1) is 5.92 Å². The summed E-state index contributed by atoms with van der Waals surface area (Å²) in [5, 5.41) is -0.0332. The molecule has 0 aliphatic carbocycles. The van der Waals surface area contributed by atoms with E-state index >= 15 is 0 Å². The van der Waals surface area contributed by atoms with Crippen molar-refractivity contribution in [3.8, 4) is 5.69 Å². The van der Waals surface area contributed by atoms with Crippen molar-refractivity contribution < 1.29 is 16.8 Å². The lowest BCUT2D eigenvalue weighted by Crippen LogP contribution is -2.20. The topological polar surface area (TPSA) is 86.1 Å². The van der Waals surface area contributed by atoms with Gasteiger partial charge in [-0.25, -0.2) is 21.8 Å². The van der Waals surface area contributed by atoms with Crippen LogP contribution < -0.4 is 0 Å². The molecule has 1 aliphatic heterocycles. The van der Waals surface area contributed by atoms with Crippen LogP contribution in [0.25, 0.3) is 5.69 Å². The van der Waals surface area contributed by atoms with E-state index in [-0.39, 0.29) is 28.3 Å². The van der Waals surface area contributed by atoms with Crippen LogP contribution in [0.5, 0.6) is 0 Å². The Morgan fingerprint density at radius 3 is 2.48 bits per heavy atom. The van der Waals surface area contributed by atoms with Crippen molar-refractivity contribution in [2.75, 3.05) is 17.3 Å². The molecule has 1 atom stereocenters. The smallest absolute Gasteiger partial charge is 0.232 e. The molecule has 1 fully saturated rings. The van der Waals surface area contributed by atoms with E-state index < -0.39 is 19.7 Å². The molecule has 136 valence electrons. The van der Waals surface area contributed by atoms with Gasteiger partial charge in [-0.1, -0.05) is 26.0 Å². The van der Waals surface area contributed by atoms with E-state index in [0.29, 0.717) is 12.3 Å². The lowest BCUT2D eigenvalue weighted by molar-refractivity contribution is 0.563. The first-order chi connectivity index (χ1) is 11.7. The minimum atomic E-state index is -3.67. The first-order valence-electron chi connectivity index (χ1n) is 8.25. The van der Waals surface area contributed by atoms with E-state index in [0.717, 1.165) is 5.69 Å². The maximum absolute atomic E-state index is 12.8. The normalized spacial score (nSPS) is 20.2. The van der Waals surface area contributed by atoms with Crippen molar-refractivity contribution in [3.05, 3.63) is 42.2 Å². The highest BCUT2D eigenvalue weighted by Gasteiger charge is 2.33. The SMILES string of the molecule is CC(C)c1ccc(-n2ccnc2S(=O)(=O)CC2CCS(=O)(=O)C2)cc1. The molecule has 25 heavy (non-hydrogen) atoms. The summed E-state index contributed by atoms with van der Waals surface area (Å²) in [6.45, 7) is 4.19. The molecule has 2 aromatic rings. The maximum Gasteiger partial charge on any atom is 0.232 e. The van der Waals surface area contributed by atoms with Gasteiger partial charge in [0.1, 0.15) is 0 Å². The minimum absolute atomic E-state index is 0.0332. The van der Waals surface area contributed by atoms with E-state index in [9.17, 15) is 16.8 Å². The van der Waals surface area contributed by atoms with Gasteiger partial charge in [-0.3, -0.25) is 4.57 Å². The predicted octanol–water partition coefficient (Wildman–Crippen LogP) is 2.20. The summed E-state index contributed by atoms with van der Waals surface area (Å²) in [5.74, 6) is -0.144. The Labute approximate surface area is 148 Å². The molecule has 8 heteroatoms. The fourth-order valence-corrected chi connectivity index (χ4v) is 6.88. The molecule has 1 aromatic heterocycles. The third kappa shape index (κ3) is 3.95. The molecule has 0 saturated carbocycles. The van der Waals surface area contributed by atoms with Crippen LogP contribution >= 0.6 is 0 Å². The molecule has 6 nitrogen and oxygen atoms in total. The summed E-state index contributed by atoms with van der Waals surface area (Å²) in [5.41, 5.74) is 1.89. The maximum atomic E-state index is 12.8. The Bertz CT molecular complexity index is 958. The Balaban J connectivity index is 1.87. The molecule has 1 aliphatic rings. The van der Waals surface area contributed by atoms with Crippen LogP contribution in [0.15, 0.2) is 41.8 Å². The van der Waals surface area contributed by atoms with E-state index in [1.807, 2.05) is 24.3 Å². The van der Waals surface area contributed by atoms with Crippen LogP contribution in [-0.2, 0) is 19.7 Å². The molecule has 0 N–H and O–H groups in total. The number of nitrogens with zero attached hydrogens (tertiary/aromatic N) is 2. The van der Waals surface area contributed by atoms with Crippen LogP contribution in [0.3, 0.4) is 0 Å². The fraction of sp³-hybridized carbons (Fsp3) is 0.471. The first-order valence-corrected chi connectivity index (χ1v) is 11.7. The van der Waals surface area contributed by atoms with Gasteiger partial charge in [0.05, 0.1) is 17.3 Å². The number of rotatable bonds is 5. The van der Waals surface area contributed by atoms with Crippen molar-refractivity contribution in [2.24, 2.45) is 5.92 Å². The predicted molar refractivity (Wildman–Crippen MR) is 96.5 cm³/mol. The van der Waals surface area contributed by atoms with Gasteiger partial charge >= 0.3 is 0 Å². The molecule has 0 amide bonds. The van der Waals surface area contributed by atoms with Crippen molar-refractivity contribution in [2.45, 2.75) is 31.3 Å². The number of sulfone groups is 2. The number of benzene rings is 1. The third-order valence-electron chi connectivity index (χ3n) is 4.50. The zero-order valence-corrected chi connectivity index (χ0v) is 15.9. The fourth-order valence-electron chi connectivity index (χ4n) is 3.12. The number of aromatic nitrogens is 2. The van der Waals surface area contributed by atoms with Gasteiger partial charge in [-0.2, -0.15) is 0 Å². The van der Waals surface area contributed by atoms with Gasteiger partial charge < -0.3 is 0 Å². The van der Waals surface area contributed by atoms with Gasteiger partial charge in [0, 0.05) is 18.1 Å². The molecule has 1 saturated heterocycles. The van der Waals surface area contributed by atoms with Crippen LogP contribution in [-0.4, -0.2) is 43.6 Å². The second-order valence-corrected chi connectivity index (χ2v) is 11.0. The van der Waals surface area contributed by atoms with Gasteiger partial charge in [0.2, 0.25) is 15.0 Å². The van der Waals surface area contributed by atoms with Crippen molar-refractivity contribution in [1.82, 2.24) is 9.55 Å². The first kappa shape index (κ1) is 18.1. The van der Waals surface area contributed by atoms with Crippen LogP contribution in [0.2, 0.25) is 0 Å². The molecule has 1 aromatic carbocycles. The number of hydrogen-bond donors (Lipinski definition) is 0. The molecule has 3 rings (SSSR count).